The van der Waals surface area contributed by atoms with Crippen molar-refractivity contribution >= 4 is 15.9 Å². The molecular formula is C21H27N3O3S. The second-order valence-electron chi connectivity index (χ2n) is 7.04. The lowest BCUT2D eigenvalue weighted by molar-refractivity contribution is -0.132. The van der Waals surface area contributed by atoms with Gasteiger partial charge < -0.3 is 4.90 Å². The molecule has 28 heavy (non-hydrogen) atoms. The minimum absolute atomic E-state index is 0.00805. The molecule has 0 radical (unpaired) electrons. The van der Waals surface area contributed by atoms with Gasteiger partial charge in [0, 0.05) is 45.7 Å². The van der Waals surface area contributed by atoms with Crippen molar-refractivity contribution in [1.29, 1.82) is 0 Å². The molecule has 0 bridgehead atoms. The van der Waals surface area contributed by atoms with Crippen LogP contribution in [0.2, 0.25) is 0 Å². The fraction of sp³-hybridized carbons (Fsp3) is 0.381. The number of carbonyl (C=O) groups excluding carboxylic acids is 1. The molecule has 150 valence electrons. The predicted octanol–water partition coefficient (Wildman–Crippen LogP) is 2.01. The average molecular weight is 402 g/mol. The van der Waals surface area contributed by atoms with E-state index in [9.17, 15) is 13.2 Å². The highest BCUT2D eigenvalue weighted by molar-refractivity contribution is 7.89. The molecule has 2 aromatic rings. The number of nitrogens with one attached hydrogen (secondary N) is 1. The molecule has 7 heteroatoms. The van der Waals surface area contributed by atoms with Crippen LogP contribution in [0.5, 0.6) is 0 Å². The summed E-state index contributed by atoms with van der Waals surface area (Å²) in [5, 5.41) is 0. The number of sulfonamides is 1. The molecule has 2 aromatic carbocycles. The van der Waals surface area contributed by atoms with Gasteiger partial charge in [0.1, 0.15) is 0 Å². The number of hydrogen-bond acceptors (Lipinski definition) is 4. The maximum absolute atomic E-state index is 12.4. The van der Waals surface area contributed by atoms with Crippen LogP contribution in [-0.4, -0.2) is 56.8 Å². The first kappa shape index (κ1) is 20.5. The fourth-order valence-electron chi connectivity index (χ4n) is 3.32. The standard InChI is InChI=1S/C21H27N3O3S/c1-18-7-5-6-8-19(18)17-23-13-15-24(16-14-23)21(25)11-12-22-28(26,27)20-9-3-2-4-10-20/h2-10,22H,11-17H2,1H3. The lowest BCUT2D eigenvalue weighted by Crippen LogP contribution is -2.48. The van der Waals surface area contributed by atoms with Gasteiger partial charge >= 0.3 is 0 Å². The number of hydrogen-bond donors (Lipinski definition) is 1. The van der Waals surface area contributed by atoms with Crippen LogP contribution in [0.15, 0.2) is 59.5 Å². The molecule has 1 amide bonds. The molecule has 1 saturated heterocycles. The summed E-state index contributed by atoms with van der Waals surface area (Å²) in [6, 6.07) is 16.6. The average Bonchev–Trinajstić information content (AvgIpc) is 2.71. The molecule has 1 aliphatic rings. The van der Waals surface area contributed by atoms with Gasteiger partial charge in [0.25, 0.3) is 0 Å². The molecule has 1 aliphatic heterocycles. The summed E-state index contributed by atoms with van der Waals surface area (Å²) < 4.78 is 26.9. The van der Waals surface area contributed by atoms with E-state index in [1.807, 2.05) is 11.0 Å². The molecule has 0 saturated carbocycles. The van der Waals surface area contributed by atoms with Crippen LogP contribution in [0.3, 0.4) is 0 Å². The van der Waals surface area contributed by atoms with E-state index in [0.29, 0.717) is 13.1 Å². The summed E-state index contributed by atoms with van der Waals surface area (Å²) in [6.45, 7) is 6.13. The minimum atomic E-state index is -3.56. The third-order valence-electron chi connectivity index (χ3n) is 5.06. The topological polar surface area (TPSA) is 69.7 Å². The Labute approximate surface area is 167 Å². The Morgan fingerprint density at radius 2 is 1.61 bits per heavy atom. The van der Waals surface area contributed by atoms with E-state index in [1.165, 1.54) is 23.3 Å². The first-order chi connectivity index (χ1) is 13.5. The zero-order valence-electron chi connectivity index (χ0n) is 16.2. The molecule has 3 rings (SSSR count). The van der Waals surface area contributed by atoms with E-state index in [1.54, 1.807) is 18.2 Å². The minimum Gasteiger partial charge on any atom is -0.340 e. The fourth-order valence-corrected chi connectivity index (χ4v) is 4.37. The maximum atomic E-state index is 12.4. The Hall–Kier alpha value is -2.22. The summed E-state index contributed by atoms with van der Waals surface area (Å²) in [4.78, 5) is 16.8. The van der Waals surface area contributed by atoms with Crippen LogP contribution in [0, 0.1) is 6.92 Å². The number of aryl methyl sites for hydroxylation is 1. The predicted molar refractivity (Wildman–Crippen MR) is 109 cm³/mol. The lowest BCUT2D eigenvalue weighted by atomic mass is 10.1. The summed E-state index contributed by atoms with van der Waals surface area (Å²) in [6.07, 6.45) is 0.170. The maximum Gasteiger partial charge on any atom is 0.240 e. The zero-order chi connectivity index (χ0) is 20.0. The number of piperazine rings is 1. The molecular weight excluding hydrogens is 374 g/mol. The van der Waals surface area contributed by atoms with Gasteiger partial charge in [-0.2, -0.15) is 0 Å². The molecule has 6 nitrogen and oxygen atoms in total. The van der Waals surface area contributed by atoms with Gasteiger partial charge in [0.2, 0.25) is 15.9 Å². The van der Waals surface area contributed by atoms with Crippen molar-refractivity contribution in [3.63, 3.8) is 0 Å². The van der Waals surface area contributed by atoms with Crippen molar-refractivity contribution in [3.8, 4) is 0 Å². The second-order valence-corrected chi connectivity index (χ2v) is 8.81. The van der Waals surface area contributed by atoms with E-state index >= 15 is 0 Å². The van der Waals surface area contributed by atoms with Gasteiger partial charge in [0.15, 0.2) is 0 Å². The molecule has 1 heterocycles. The smallest absolute Gasteiger partial charge is 0.240 e. The number of amides is 1. The highest BCUT2D eigenvalue weighted by atomic mass is 32.2. The van der Waals surface area contributed by atoms with Gasteiger partial charge in [-0.1, -0.05) is 42.5 Å². The Morgan fingerprint density at radius 1 is 0.964 bits per heavy atom. The van der Waals surface area contributed by atoms with E-state index in [-0.39, 0.29) is 23.8 Å². The lowest BCUT2D eigenvalue weighted by Gasteiger charge is -2.35. The van der Waals surface area contributed by atoms with E-state index in [4.69, 9.17) is 0 Å². The molecule has 1 N–H and O–H groups in total. The van der Waals surface area contributed by atoms with E-state index in [0.717, 1.165) is 19.6 Å². The summed E-state index contributed by atoms with van der Waals surface area (Å²) in [5.41, 5.74) is 2.60. The first-order valence-electron chi connectivity index (χ1n) is 9.55. The third kappa shape index (κ3) is 5.41. The Kier molecular flexibility index (Phi) is 6.83. The summed E-state index contributed by atoms with van der Waals surface area (Å²) in [7, 11) is -3.56. The van der Waals surface area contributed by atoms with Crippen LogP contribution in [0.1, 0.15) is 17.5 Å². The van der Waals surface area contributed by atoms with Crippen molar-refractivity contribution in [3.05, 3.63) is 65.7 Å². The van der Waals surface area contributed by atoms with Crippen molar-refractivity contribution < 1.29 is 13.2 Å². The van der Waals surface area contributed by atoms with Gasteiger partial charge in [-0.05, 0) is 30.2 Å². The van der Waals surface area contributed by atoms with Crippen LogP contribution < -0.4 is 4.72 Å². The molecule has 0 atom stereocenters. The Bertz CT molecular complexity index is 892. The molecule has 0 unspecified atom stereocenters. The van der Waals surface area contributed by atoms with Crippen molar-refractivity contribution in [2.45, 2.75) is 24.8 Å². The van der Waals surface area contributed by atoms with Crippen LogP contribution in [0.4, 0.5) is 0 Å². The highest BCUT2D eigenvalue weighted by Crippen LogP contribution is 2.13. The number of benzene rings is 2. The zero-order valence-corrected chi connectivity index (χ0v) is 17.0. The van der Waals surface area contributed by atoms with Crippen LogP contribution >= 0.6 is 0 Å². The molecule has 0 aromatic heterocycles. The molecule has 0 aliphatic carbocycles. The first-order valence-corrected chi connectivity index (χ1v) is 11.0. The van der Waals surface area contributed by atoms with Gasteiger partial charge in [-0.15, -0.1) is 0 Å². The number of carbonyl (C=O) groups is 1. The SMILES string of the molecule is Cc1ccccc1CN1CCN(C(=O)CCNS(=O)(=O)c2ccccc2)CC1. The monoisotopic (exact) mass is 401 g/mol. The highest BCUT2D eigenvalue weighted by Gasteiger charge is 2.22. The summed E-state index contributed by atoms with van der Waals surface area (Å²) in [5.74, 6) is -0.00805. The van der Waals surface area contributed by atoms with Crippen molar-refractivity contribution in [2.24, 2.45) is 0 Å². The van der Waals surface area contributed by atoms with E-state index in [2.05, 4.69) is 34.7 Å². The van der Waals surface area contributed by atoms with Crippen molar-refractivity contribution in [1.82, 2.24) is 14.5 Å². The second kappa shape index (κ2) is 9.32. The van der Waals surface area contributed by atoms with Gasteiger partial charge in [-0.3, -0.25) is 9.69 Å². The van der Waals surface area contributed by atoms with Crippen molar-refractivity contribution in [2.75, 3.05) is 32.7 Å². The third-order valence-corrected chi connectivity index (χ3v) is 6.54. The van der Waals surface area contributed by atoms with Crippen LogP contribution in [0.25, 0.3) is 0 Å². The van der Waals surface area contributed by atoms with Crippen LogP contribution in [-0.2, 0) is 21.4 Å². The normalized spacial score (nSPS) is 15.5. The quantitative estimate of drug-likeness (QED) is 0.771. The van der Waals surface area contributed by atoms with E-state index < -0.39 is 10.0 Å². The van der Waals surface area contributed by atoms with Gasteiger partial charge in [-0.25, -0.2) is 13.1 Å². The summed E-state index contributed by atoms with van der Waals surface area (Å²) >= 11 is 0. The molecule has 0 spiro atoms. The number of rotatable bonds is 7. The Balaban J connectivity index is 1.42. The van der Waals surface area contributed by atoms with Gasteiger partial charge in [0.05, 0.1) is 4.90 Å². The Morgan fingerprint density at radius 3 is 2.29 bits per heavy atom. The number of nitrogens with zero attached hydrogens (tertiary/aromatic N) is 2. The largest absolute Gasteiger partial charge is 0.340 e. The molecule has 1 fully saturated rings.